The van der Waals surface area contributed by atoms with Gasteiger partial charge in [-0.3, -0.25) is 0 Å². The Hall–Kier alpha value is -1.87. The van der Waals surface area contributed by atoms with E-state index in [1.807, 2.05) is 18.2 Å². The molecular weight excluding hydrogens is 432 g/mol. The molecule has 0 atom stereocenters. The average molecular weight is 442 g/mol. The number of hydrogen-bond donors (Lipinski definition) is 1. The maximum atomic E-state index is 10.1. The topological polar surface area (TPSA) is 57.2 Å². The van der Waals surface area contributed by atoms with Crippen molar-refractivity contribution in [2.75, 3.05) is 13.6 Å². The summed E-state index contributed by atoms with van der Waals surface area (Å²) in [7, 11) is 0. The van der Waals surface area contributed by atoms with Crippen molar-refractivity contribution in [1.82, 2.24) is 0 Å². The predicted molar refractivity (Wildman–Crippen MR) is 65.8 cm³/mol. The molecule has 2 aliphatic heterocycles. The summed E-state index contributed by atoms with van der Waals surface area (Å²) in [6.07, 6.45) is 0. The molecule has 0 saturated heterocycles. The van der Waals surface area contributed by atoms with Gasteiger partial charge in [0.2, 0.25) is 13.6 Å². The molecule has 0 saturated carbocycles. The molecule has 20 heavy (non-hydrogen) atoms. The van der Waals surface area contributed by atoms with Crippen LogP contribution < -0.4 is 18.9 Å². The summed E-state index contributed by atoms with van der Waals surface area (Å²) in [5.74, 6) is 2.54. The smallest absolute Gasteiger partial charge is 0.231 e. The minimum atomic E-state index is 0. The first-order valence-corrected chi connectivity index (χ1v) is 5.85. The first-order chi connectivity index (χ1) is 9.34. The van der Waals surface area contributed by atoms with E-state index in [1.54, 1.807) is 12.1 Å². The number of phenolic OH excluding ortho intramolecular Hbond substituents is 1. The molecule has 0 bridgehead atoms. The van der Waals surface area contributed by atoms with Gasteiger partial charge in [-0.1, -0.05) is 12.1 Å². The fraction of sp³-hybridized carbons (Fsp3) is 0.143. The average Bonchev–Trinajstić information content (AvgIpc) is 3.06. The first kappa shape index (κ1) is 13.1. The van der Waals surface area contributed by atoms with Gasteiger partial charge in [-0.05, 0) is 18.2 Å². The van der Waals surface area contributed by atoms with Crippen molar-refractivity contribution in [1.29, 1.82) is 0 Å². The summed E-state index contributed by atoms with van der Waals surface area (Å²) < 4.78 is 21.6. The number of phenols is 1. The maximum absolute atomic E-state index is 10.1. The van der Waals surface area contributed by atoms with Crippen molar-refractivity contribution in [3.63, 3.8) is 0 Å². The summed E-state index contributed by atoms with van der Waals surface area (Å²) in [5.41, 5.74) is 1.30. The third-order valence-electron chi connectivity index (χ3n) is 3.18. The van der Waals surface area contributed by atoms with Gasteiger partial charge < -0.3 is 24.1 Å². The third-order valence-corrected chi connectivity index (χ3v) is 3.18. The normalized spacial score (nSPS) is 14.0. The summed E-state index contributed by atoms with van der Waals surface area (Å²) in [4.78, 5) is 0. The number of rotatable bonds is 1. The van der Waals surface area contributed by atoms with Crippen LogP contribution in [0.25, 0.3) is 11.1 Å². The van der Waals surface area contributed by atoms with Crippen LogP contribution in [0.5, 0.6) is 28.7 Å². The number of para-hydroxylation sites is 1. The molecule has 0 amide bonds. The Kier molecular flexibility index (Phi) is 3.22. The van der Waals surface area contributed by atoms with Crippen LogP contribution in [0, 0.1) is 0 Å². The third kappa shape index (κ3) is 1.81. The van der Waals surface area contributed by atoms with Crippen LogP contribution in [-0.2, 0) is 21.1 Å². The molecule has 0 fully saturated rings. The second-order valence-electron chi connectivity index (χ2n) is 4.23. The number of fused-ring (bicyclic) bond motifs is 2. The van der Waals surface area contributed by atoms with E-state index in [-0.39, 0.29) is 40.4 Å². The zero-order valence-electron chi connectivity index (χ0n) is 10.3. The van der Waals surface area contributed by atoms with E-state index in [0.717, 1.165) is 5.56 Å². The van der Waals surface area contributed by atoms with E-state index < -0.39 is 0 Å². The van der Waals surface area contributed by atoms with Gasteiger partial charge >= 0.3 is 0 Å². The molecule has 0 radical (unpaired) electrons. The van der Waals surface area contributed by atoms with Crippen LogP contribution in [0.4, 0.5) is 0 Å². The SMILES string of the molecule is Oc1ccc2c(c1-c1cccc3c1OCO3)OCO2.[W]. The molecule has 0 aromatic heterocycles. The van der Waals surface area contributed by atoms with E-state index in [2.05, 4.69) is 0 Å². The molecule has 0 aliphatic carbocycles. The van der Waals surface area contributed by atoms with E-state index >= 15 is 0 Å². The molecule has 2 heterocycles. The van der Waals surface area contributed by atoms with E-state index in [9.17, 15) is 5.11 Å². The van der Waals surface area contributed by atoms with Crippen molar-refractivity contribution in [2.45, 2.75) is 0 Å². The van der Waals surface area contributed by atoms with Gasteiger partial charge in [-0.25, -0.2) is 0 Å². The predicted octanol–water partition coefficient (Wildman–Crippen LogP) is 2.51. The Balaban J connectivity index is 0.00000121. The standard InChI is InChI=1S/C14H10O5.W/c15-9-4-5-11-14(19-7-17-11)12(9)8-2-1-3-10-13(8)18-6-16-10;/h1-5,15H,6-7H2;. The van der Waals surface area contributed by atoms with Crippen molar-refractivity contribution in [3.05, 3.63) is 30.3 Å². The minimum Gasteiger partial charge on any atom is -0.507 e. The first-order valence-electron chi connectivity index (χ1n) is 5.85. The van der Waals surface area contributed by atoms with Gasteiger partial charge in [-0.2, -0.15) is 0 Å². The van der Waals surface area contributed by atoms with Crippen LogP contribution in [0.2, 0.25) is 0 Å². The molecule has 1 N–H and O–H groups in total. The van der Waals surface area contributed by atoms with Gasteiger partial charge in [0.05, 0.1) is 5.56 Å². The van der Waals surface area contributed by atoms with Crippen molar-refractivity contribution in [2.24, 2.45) is 0 Å². The number of ether oxygens (including phenoxy) is 4. The Morgan fingerprint density at radius 3 is 2.30 bits per heavy atom. The van der Waals surface area contributed by atoms with E-state index in [4.69, 9.17) is 18.9 Å². The number of hydrogen-bond acceptors (Lipinski definition) is 5. The number of aromatic hydroxyl groups is 1. The van der Waals surface area contributed by atoms with Crippen LogP contribution >= 0.6 is 0 Å². The summed E-state index contributed by atoms with van der Waals surface area (Å²) in [6.45, 7) is 0.331. The number of benzene rings is 2. The van der Waals surface area contributed by atoms with Crippen LogP contribution in [0.3, 0.4) is 0 Å². The monoisotopic (exact) mass is 442 g/mol. The molecule has 2 aromatic rings. The summed E-state index contributed by atoms with van der Waals surface area (Å²) in [5, 5.41) is 10.1. The zero-order valence-corrected chi connectivity index (χ0v) is 13.2. The molecular formula is C14H10O5W. The van der Waals surface area contributed by atoms with Crippen molar-refractivity contribution < 1.29 is 45.1 Å². The summed E-state index contributed by atoms with van der Waals surface area (Å²) >= 11 is 0. The van der Waals surface area contributed by atoms with Gasteiger partial charge in [0.15, 0.2) is 23.0 Å². The minimum absolute atomic E-state index is 0. The largest absolute Gasteiger partial charge is 0.507 e. The van der Waals surface area contributed by atoms with E-state index in [0.29, 0.717) is 28.6 Å². The molecule has 0 unspecified atom stereocenters. The van der Waals surface area contributed by atoms with Crippen molar-refractivity contribution >= 4 is 0 Å². The second kappa shape index (κ2) is 4.91. The fourth-order valence-electron chi connectivity index (χ4n) is 2.35. The Labute approximate surface area is 129 Å². The van der Waals surface area contributed by atoms with Crippen LogP contribution in [0.1, 0.15) is 0 Å². The summed E-state index contributed by atoms with van der Waals surface area (Å²) in [6, 6.07) is 8.78. The zero-order chi connectivity index (χ0) is 12.8. The van der Waals surface area contributed by atoms with Crippen LogP contribution in [-0.4, -0.2) is 18.7 Å². The Bertz CT molecular complexity index is 671. The van der Waals surface area contributed by atoms with Gasteiger partial charge in [-0.15, -0.1) is 0 Å². The molecule has 4 rings (SSSR count). The van der Waals surface area contributed by atoms with Gasteiger partial charge in [0.25, 0.3) is 0 Å². The van der Waals surface area contributed by atoms with Gasteiger partial charge in [0.1, 0.15) is 5.75 Å². The molecule has 102 valence electrons. The molecule has 0 spiro atoms. The maximum Gasteiger partial charge on any atom is 0.231 e. The molecule has 6 heteroatoms. The Morgan fingerprint density at radius 1 is 0.800 bits per heavy atom. The van der Waals surface area contributed by atoms with Crippen LogP contribution in [0.15, 0.2) is 30.3 Å². The Morgan fingerprint density at radius 2 is 1.50 bits per heavy atom. The molecule has 2 aromatic carbocycles. The fourth-order valence-corrected chi connectivity index (χ4v) is 2.35. The molecule has 5 nitrogen and oxygen atoms in total. The van der Waals surface area contributed by atoms with E-state index in [1.165, 1.54) is 0 Å². The van der Waals surface area contributed by atoms with Crippen molar-refractivity contribution in [3.8, 4) is 39.9 Å². The molecule has 2 aliphatic rings. The quantitative estimate of drug-likeness (QED) is 0.736. The van der Waals surface area contributed by atoms with Gasteiger partial charge in [0, 0.05) is 26.6 Å². The second-order valence-corrected chi connectivity index (χ2v) is 4.23.